The average molecular weight is 1060 g/mol. The molecule has 404 valence electrons. The molecule has 5 aromatic carbocycles. The molecule has 0 saturated heterocycles. The first-order valence-corrected chi connectivity index (χ1v) is 32.2. The van der Waals surface area contributed by atoms with E-state index in [1.807, 2.05) is 22.7 Å². The Hall–Kier alpha value is -5.16. The SMILES string of the molecule is CCCCCCCCCCCCC1(CCCCCCCCCCCC)c2cc(C)ccc2-c2ccc(-c3ccc(-c4ccc(-c5ccc(C)s5)c5nc(-c6ccc(C(C)C)cc6)c(-c6ccc(C(C)C)cc6)nc45)s3)cc21. The Morgan fingerprint density at radius 3 is 1.22 bits per heavy atom. The van der Waals surface area contributed by atoms with Gasteiger partial charge in [-0.3, -0.25) is 0 Å². The van der Waals surface area contributed by atoms with Crippen molar-refractivity contribution in [2.75, 3.05) is 0 Å². The first-order chi connectivity index (χ1) is 37.6. The molecule has 0 aliphatic heterocycles. The molecule has 0 fully saturated rings. The molecular formula is C73H90N2S2. The number of benzene rings is 5. The van der Waals surface area contributed by atoms with Crippen LogP contribution in [0.4, 0.5) is 0 Å². The average Bonchev–Trinajstić information content (AvgIpc) is 4.18. The highest BCUT2D eigenvalue weighted by atomic mass is 32.1. The number of aryl methyl sites for hydroxylation is 2. The first kappa shape index (κ1) is 56.6. The fourth-order valence-corrected chi connectivity index (χ4v) is 14.4. The zero-order valence-corrected chi connectivity index (χ0v) is 50.1. The molecule has 0 unspecified atom stereocenters. The largest absolute Gasteiger partial charge is 0.243 e. The summed E-state index contributed by atoms with van der Waals surface area (Å²) in [7, 11) is 0. The van der Waals surface area contributed by atoms with Crippen LogP contribution in [0.15, 0.2) is 121 Å². The van der Waals surface area contributed by atoms with Crippen molar-refractivity contribution < 1.29 is 0 Å². The molecule has 1 aliphatic rings. The molecule has 4 heteroatoms. The summed E-state index contributed by atoms with van der Waals surface area (Å²) in [5.74, 6) is 0.896. The third-order valence-corrected chi connectivity index (χ3v) is 19.3. The van der Waals surface area contributed by atoms with Crippen molar-refractivity contribution >= 4 is 33.7 Å². The standard InChI is InChI=1S/C73H90N2S2/c1-9-11-13-15-17-19-21-23-25-27-47-73(48-28-26-24-22-20-18-16-14-12-10-2)64-49-53(7)29-40-60(64)61-41-39-59(50-65(61)73)66-45-46-68(77-66)63-43-42-62(67-44-30-54(8)76-67)71-72(63)75-70(58-37-33-56(34-38-58)52(5)6)69(74-71)57-35-31-55(32-36-57)51(3)4/h29-46,49-52H,9-28,47-48H2,1-8H3. The Morgan fingerprint density at radius 1 is 0.377 bits per heavy atom. The highest BCUT2D eigenvalue weighted by Crippen LogP contribution is 2.56. The third kappa shape index (κ3) is 13.5. The number of hydrogen-bond acceptors (Lipinski definition) is 4. The lowest BCUT2D eigenvalue weighted by molar-refractivity contribution is 0.397. The minimum Gasteiger partial charge on any atom is -0.243 e. The van der Waals surface area contributed by atoms with Gasteiger partial charge in [-0.05, 0) is 108 Å². The monoisotopic (exact) mass is 1060 g/mol. The van der Waals surface area contributed by atoms with E-state index in [1.165, 1.54) is 194 Å². The van der Waals surface area contributed by atoms with Gasteiger partial charge in [-0.15, -0.1) is 22.7 Å². The van der Waals surface area contributed by atoms with E-state index in [0.29, 0.717) is 11.8 Å². The van der Waals surface area contributed by atoms with E-state index >= 15 is 0 Å². The van der Waals surface area contributed by atoms with Gasteiger partial charge in [-0.1, -0.05) is 267 Å². The van der Waals surface area contributed by atoms with Crippen molar-refractivity contribution in [2.45, 2.75) is 214 Å². The zero-order valence-electron chi connectivity index (χ0n) is 48.5. The predicted molar refractivity (Wildman–Crippen MR) is 339 cm³/mol. The zero-order chi connectivity index (χ0) is 53.7. The first-order valence-electron chi connectivity index (χ1n) is 30.6. The summed E-state index contributed by atoms with van der Waals surface area (Å²) in [6.07, 6.45) is 29.9. The molecule has 3 heterocycles. The molecule has 0 atom stereocenters. The van der Waals surface area contributed by atoms with Crippen molar-refractivity contribution in [1.29, 1.82) is 0 Å². The maximum absolute atomic E-state index is 5.78. The van der Waals surface area contributed by atoms with E-state index in [0.717, 1.165) is 44.7 Å². The maximum atomic E-state index is 5.78. The number of nitrogens with zero attached hydrogens (tertiary/aromatic N) is 2. The number of rotatable bonds is 29. The number of fused-ring (bicyclic) bond motifs is 4. The highest BCUT2D eigenvalue weighted by Gasteiger charge is 2.42. The lowest BCUT2D eigenvalue weighted by Crippen LogP contribution is -2.25. The quantitative estimate of drug-likeness (QED) is 0.0437. The molecule has 8 aromatic rings. The molecule has 2 nitrogen and oxygen atoms in total. The molecule has 0 bridgehead atoms. The van der Waals surface area contributed by atoms with Crippen LogP contribution in [0, 0.1) is 13.8 Å². The molecule has 0 saturated carbocycles. The van der Waals surface area contributed by atoms with Gasteiger partial charge in [0.25, 0.3) is 0 Å². The van der Waals surface area contributed by atoms with Crippen molar-refractivity contribution in [3.63, 3.8) is 0 Å². The second-order valence-corrected chi connectivity index (χ2v) is 26.0. The molecule has 0 spiro atoms. The van der Waals surface area contributed by atoms with Gasteiger partial charge in [0.05, 0.1) is 22.4 Å². The van der Waals surface area contributed by atoms with Crippen LogP contribution in [0.2, 0.25) is 0 Å². The second kappa shape index (κ2) is 27.1. The predicted octanol–water partition coefficient (Wildman–Crippen LogP) is 23.8. The van der Waals surface area contributed by atoms with Gasteiger partial charge in [-0.2, -0.15) is 0 Å². The van der Waals surface area contributed by atoms with Crippen LogP contribution in [-0.4, -0.2) is 9.97 Å². The Morgan fingerprint density at radius 2 is 0.766 bits per heavy atom. The maximum Gasteiger partial charge on any atom is 0.0988 e. The molecular weight excluding hydrogens is 969 g/mol. The smallest absolute Gasteiger partial charge is 0.0988 e. The number of thiophene rings is 2. The van der Waals surface area contributed by atoms with Crippen LogP contribution in [-0.2, 0) is 5.41 Å². The Labute approximate surface area is 473 Å². The Bertz CT molecular complexity index is 3120. The van der Waals surface area contributed by atoms with Crippen LogP contribution in [0.1, 0.15) is 227 Å². The summed E-state index contributed by atoms with van der Waals surface area (Å²) in [4.78, 5) is 16.6. The van der Waals surface area contributed by atoms with E-state index in [4.69, 9.17) is 9.97 Å². The molecule has 77 heavy (non-hydrogen) atoms. The Balaban J connectivity index is 1.08. The van der Waals surface area contributed by atoms with Crippen molar-refractivity contribution in [3.05, 3.63) is 154 Å². The third-order valence-electron chi connectivity index (χ3n) is 17.1. The fraction of sp³-hybridized carbons (Fsp3) is 0.452. The van der Waals surface area contributed by atoms with E-state index in [2.05, 4.69) is 177 Å². The summed E-state index contributed by atoms with van der Waals surface area (Å²) in [6, 6.07) is 46.9. The normalized spacial score (nSPS) is 12.9. The number of aromatic nitrogens is 2. The van der Waals surface area contributed by atoms with E-state index in [9.17, 15) is 0 Å². The van der Waals surface area contributed by atoms with E-state index in [1.54, 1.807) is 11.1 Å². The van der Waals surface area contributed by atoms with Gasteiger partial charge >= 0.3 is 0 Å². The molecule has 3 aromatic heterocycles. The van der Waals surface area contributed by atoms with Gasteiger partial charge in [0.15, 0.2) is 0 Å². The summed E-state index contributed by atoms with van der Waals surface area (Å²) >= 11 is 3.74. The fourth-order valence-electron chi connectivity index (χ4n) is 12.5. The van der Waals surface area contributed by atoms with Crippen molar-refractivity contribution in [3.8, 4) is 65.0 Å². The van der Waals surface area contributed by atoms with Crippen LogP contribution < -0.4 is 0 Å². The van der Waals surface area contributed by atoms with E-state index < -0.39 is 0 Å². The van der Waals surface area contributed by atoms with Gasteiger partial charge in [-0.25, -0.2) is 9.97 Å². The lowest BCUT2D eigenvalue weighted by atomic mass is 9.70. The minimum atomic E-state index is 0.0332. The second-order valence-electron chi connectivity index (χ2n) is 23.7. The van der Waals surface area contributed by atoms with Gasteiger partial charge in [0.2, 0.25) is 0 Å². The van der Waals surface area contributed by atoms with Gasteiger partial charge in [0, 0.05) is 47.2 Å². The highest BCUT2D eigenvalue weighted by molar-refractivity contribution is 7.19. The molecule has 0 N–H and O–H groups in total. The summed E-state index contributed by atoms with van der Waals surface area (Å²) in [5, 5.41) is 0. The van der Waals surface area contributed by atoms with Gasteiger partial charge in [0.1, 0.15) is 0 Å². The van der Waals surface area contributed by atoms with Gasteiger partial charge < -0.3 is 0 Å². The van der Waals surface area contributed by atoms with E-state index in [-0.39, 0.29) is 5.41 Å². The molecule has 9 rings (SSSR count). The van der Waals surface area contributed by atoms with Crippen LogP contribution in [0.3, 0.4) is 0 Å². The minimum absolute atomic E-state index is 0.0332. The number of hydrogen-bond donors (Lipinski definition) is 0. The van der Waals surface area contributed by atoms with Crippen molar-refractivity contribution in [1.82, 2.24) is 9.97 Å². The van der Waals surface area contributed by atoms with Crippen molar-refractivity contribution in [2.24, 2.45) is 0 Å². The summed E-state index contributed by atoms with van der Waals surface area (Å²) in [6.45, 7) is 18.2. The summed E-state index contributed by atoms with van der Waals surface area (Å²) < 4.78 is 0. The van der Waals surface area contributed by atoms with Crippen LogP contribution in [0.5, 0.6) is 0 Å². The molecule has 0 amide bonds. The van der Waals surface area contributed by atoms with Crippen LogP contribution in [0.25, 0.3) is 76.0 Å². The Kier molecular flexibility index (Phi) is 19.9. The van der Waals surface area contributed by atoms with Crippen LogP contribution >= 0.6 is 22.7 Å². The summed E-state index contributed by atoms with van der Waals surface area (Å²) in [5.41, 5.74) is 19.8. The topological polar surface area (TPSA) is 25.8 Å². The molecule has 1 aliphatic carbocycles. The number of unbranched alkanes of at least 4 members (excludes halogenated alkanes) is 18. The molecule has 0 radical (unpaired) electrons. The lowest BCUT2D eigenvalue weighted by Gasteiger charge is -2.33.